The maximum Gasteiger partial charge on any atom is 0.410 e. The number of amides is 1. The van der Waals surface area contributed by atoms with Gasteiger partial charge in [0.2, 0.25) is 5.12 Å². The van der Waals surface area contributed by atoms with E-state index in [-0.39, 0.29) is 16.5 Å². The monoisotopic (exact) mass is 348 g/mol. The Morgan fingerprint density at radius 3 is 2.46 bits per heavy atom. The first-order valence-corrected chi connectivity index (χ1v) is 8.98. The number of aromatic nitrogens is 1. The molecule has 1 saturated heterocycles. The van der Waals surface area contributed by atoms with Gasteiger partial charge in [0, 0.05) is 30.7 Å². The van der Waals surface area contributed by atoms with Crippen molar-refractivity contribution in [3.63, 3.8) is 0 Å². The quantitative estimate of drug-likeness (QED) is 0.779. The fourth-order valence-electron chi connectivity index (χ4n) is 2.33. The summed E-state index contributed by atoms with van der Waals surface area (Å²) >= 11 is 1.35. The molecule has 24 heavy (non-hydrogen) atoms. The number of rotatable bonds is 3. The number of likely N-dealkylation sites (tertiary alicyclic amines) is 1. The van der Waals surface area contributed by atoms with E-state index in [0.29, 0.717) is 13.1 Å². The Labute approximate surface area is 147 Å². The number of thioether (sulfide) groups is 1. The highest BCUT2D eigenvalue weighted by Gasteiger charge is 2.27. The molecule has 0 unspecified atom stereocenters. The van der Waals surface area contributed by atoms with Crippen molar-refractivity contribution in [3.8, 4) is 0 Å². The summed E-state index contributed by atoms with van der Waals surface area (Å²) in [6.07, 6.45) is 8.13. The average Bonchev–Trinajstić information content (AvgIpc) is 2.53. The highest BCUT2D eigenvalue weighted by molar-refractivity contribution is 8.14. The number of carbonyl (C=O) groups is 2. The lowest BCUT2D eigenvalue weighted by atomic mass is 10.1. The van der Waals surface area contributed by atoms with E-state index < -0.39 is 5.60 Å². The van der Waals surface area contributed by atoms with Crippen LogP contribution in [0.5, 0.6) is 0 Å². The lowest BCUT2D eigenvalue weighted by Crippen LogP contribution is -2.42. The van der Waals surface area contributed by atoms with Crippen LogP contribution in [0.25, 0.3) is 6.08 Å². The molecule has 2 heterocycles. The third-order valence-electron chi connectivity index (χ3n) is 3.49. The Bertz CT molecular complexity index is 588. The van der Waals surface area contributed by atoms with Gasteiger partial charge in [0.05, 0.1) is 0 Å². The molecule has 1 aromatic rings. The first-order chi connectivity index (χ1) is 11.3. The minimum absolute atomic E-state index is 0.0440. The van der Waals surface area contributed by atoms with Gasteiger partial charge in [-0.2, -0.15) is 0 Å². The smallest absolute Gasteiger partial charge is 0.410 e. The zero-order valence-corrected chi connectivity index (χ0v) is 15.2. The molecule has 0 aliphatic carbocycles. The number of pyridine rings is 1. The molecule has 1 aliphatic rings. The second-order valence-electron chi connectivity index (χ2n) is 6.72. The normalized spacial score (nSPS) is 16.4. The average molecular weight is 348 g/mol. The molecule has 1 amide bonds. The van der Waals surface area contributed by atoms with Crippen LogP contribution in [0.2, 0.25) is 0 Å². The Kier molecular flexibility index (Phi) is 6.43. The van der Waals surface area contributed by atoms with Crippen LogP contribution in [0.3, 0.4) is 0 Å². The number of nitrogens with zero attached hydrogens (tertiary/aromatic N) is 2. The molecule has 0 radical (unpaired) electrons. The molecule has 0 N–H and O–H groups in total. The molecule has 0 spiro atoms. The zero-order chi connectivity index (χ0) is 17.6. The standard InChI is InChI=1S/C18H24N2O3S/c1-18(2,3)23-17(22)20-12-8-15(9-13-20)24-16(21)5-4-14-6-10-19-11-7-14/h4-7,10-11,15H,8-9,12-13H2,1-3H3. The van der Waals surface area contributed by atoms with Crippen LogP contribution in [-0.2, 0) is 9.53 Å². The molecule has 0 aromatic carbocycles. The Morgan fingerprint density at radius 1 is 1.25 bits per heavy atom. The van der Waals surface area contributed by atoms with Crippen molar-refractivity contribution < 1.29 is 14.3 Å². The number of ether oxygens (including phenoxy) is 1. The van der Waals surface area contributed by atoms with Gasteiger partial charge >= 0.3 is 6.09 Å². The van der Waals surface area contributed by atoms with Crippen LogP contribution in [-0.4, -0.2) is 45.0 Å². The second kappa shape index (κ2) is 8.33. The summed E-state index contributed by atoms with van der Waals surface area (Å²) in [6.45, 7) is 6.85. The fourth-order valence-corrected chi connectivity index (χ4v) is 3.25. The molecule has 6 heteroatoms. The predicted molar refractivity (Wildman–Crippen MR) is 96.7 cm³/mol. The topological polar surface area (TPSA) is 59.5 Å². The van der Waals surface area contributed by atoms with Crippen molar-refractivity contribution in [1.29, 1.82) is 0 Å². The molecule has 5 nitrogen and oxygen atoms in total. The van der Waals surface area contributed by atoms with E-state index in [2.05, 4.69) is 4.98 Å². The Morgan fingerprint density at radius 2 is 1.88 bits per heavy atom. The Hall–Kier alpha value is -1.82. The molecular formula is C18H24N2O3S. The highest BCUT2D eigenvalue weighted by atomic mass is 32.2. The summed E-state index contributed by atoms with van der Waals surface area (Å²) in [5, 5.41) is 0.292. The SMILES string of the molecule is CC(C)(C)OC(=O)N1CCC(SC(=O)C=Cc2ccncc2)CC1. The molecule has 0 bridgehead atoms. The molecular weight excluding hydrogens is 324 g/mol. The molecule has 1 aromatic heterocycles. The number of carbonyl (C=O) groups excluding carboxylic acids is 2. The zero-order valence-electron chi connectivity index (χ0n) is 14.4. The number of hydrogen-bond acceptors (Lipinski definition) is 5. The van der Waals surface area contributed by atoms with Crippen molar-refractivity contribution >= 4 is 29.0 Å². The largest absolute Gasteiger partial charge is 0.444 e. The first kappa shape index (κ1) is 18.5. The summed E-state index contributed by atoms with van der Waals surface area (Å²) in [5.74, 6) is 0. The predicted octanol–water partition coefficient (Wildman–Crippen LogP) is 3.75. The summed E-state index contributed by atoms with van der Waals surface area (Å²) in [6, 6.07) is 3.71. The van der Waals surface area contributed by atoms with Crippen molar-refractivity contribution in [2.75, 3.05) is 13.1 Å². The summed E-state index contributed by atoms with van der Waals surface area (Å²) in [5.41, 5.74) is 0.481. The van der Waals surface area contributed by atoms with E-state index in [1.165, 1.54) is 11.8 Å². The van der Waals surface area contributed by atoms with Gasteiger partial charge in [0.15, 0.2) is 0 Å². The van der Waals surface area contributed by atoms with Crippen molar-refractivity contribution in [2.24, 2.45) is 0 Å². The lowest BCUT2D eigenvalue weighted by molar-refractivity contribution is -0.107. The van der Waals surface area contributed by atoms with Crippen LogP contribution in [0.1, 0.15) is 39.2 Å². The van der Waals surface area contributed by atoms with Crippen LogP contribution >= 0.6 is 11.8 Å². The van der Waals surface area contributed by atoms with Gasteiger partial charge < -0.3 is 9.64 Å². The molecule has 0 saturated carbocycles. The number of hydrogen-bond donors (Lipinski definition) is 0. The second-order valence-corrected chi connectivity index (χ2v) is 8.02. The maximum absolute atomic E-state index is 12.0. The maximum atomic E-state index is 12.0. The van der Waals surface area contributed by atoms with Gasteiger partial charge in [-0.05, 0) is 57.4 Å². The highest BCUT2D eigenvalue weighted by Crippen LogP contribution is 2.25. The van der Waals surface area contributed by atoms with Crippen molar-refractivity contribution in [2.45, 2.75) is 44.5 Å². The minimum Gasteiger partial charge on any atom is -0.444 e. The summed E-state index contributed by atoms with van der Waals surface area (Å²) in [7, 11) is 0. The van der Waals surface area contributed by atoms with E-state index in [9.17, 15) is 9.59 Å². The Balaban J connectivity index is 1.75. The van der Waals surface area contributed by atoms with Crippen molar-refractivity contribution in [3.05, 3.63) is 36.2 Å². The van der Waals surface area contributed by atoms with Gasteiger partial charge in [-0.1, -0.05) is 17.8 Å². The first-order valence-electron chi connectivity index (χ1n) is 8.10. The van der Waals surface area contributed by atoms with Gasteiger partial charge in [0.1, 0.15) is 5.60 Å². The minimum atomic E-state index is -0.476. The molecule has 0 atom stereocenters. The molecule has 1 fully saturated rings. The van der Waals surface area contributed by atoms with Gasteiger partial charge in [-0.3, -0.25) is 9.78 Å². The van der Waals surface area contributed by atoms with E-state index >= 15 is 0 Å². The van der Waals surface area contributed by atoms with E-state index in [0.717, 1.165) is 18.4 Å². The molecule has 1 aliphatic heterocycles. The summed E-state index contributed by atoms with van der Waals surface area (Å²) < 4.78 is 5.38. The fraction of sp³-hybridized carbons (Fsp3) is 0.500. The van der Waals surface area contributed by atoms with Gasteiger partial charge in [-0.25, -0.2) is 4.79 Å². The molecule has 2 rings (SSSR count). The van der Waals surface area contributed by atoms with Crippen LogP contribution in [0, 0.1) is 0 Å². The van der Waals surface area contributed by atoms with Crippen LogP contribution < -0.4 is 0 Å². The van der Waals surface area contributed by atoms with Gasteiger partial charge in [0.25, 0.3) is 0 Å². The summed E-state index contributed by atoms with van der Waals surface area (Å²) in [4.78, 5) is 29.7. The van der Waals surface area contributed by atoms with E-state index in [1.807, 2.05) is 32.9 Å². The molecule has 130 valence electrons. The van der Waals surface area contributed by atoms with Crippen molar-refractivity contribution in [1.82, 2.24) is 9.88 Å². The lowest BCUT2D eigenvalue weighted by Gasteiger charge is -2.32. The van der Waals surface area contributed by atoms with Gasteiger partial charge in [-0.15, -0.1) is 0 Å². The third-order valence-corrected chi connectivity index (χ3v) is 4.67. The van der Waals surface area contributed by atoms with E-state index in [1.54, 1.807) is 29.4 Å². The number of piperidine rings is 1. The van der Waals surface area contributed by atoms with E-state index in [4.69, 9.17) is 4.74 Å². The van der Waals surface area contributed by atoms with Crippen LogP contribution in [0.4, 0.5) is 4.79 Å². The third kappa shape index (κ3) is 6.35. The van der Waals surface area contributed by atoms with Crippen LogP contribution in [0.15, 0.2) is 30.6 Å².